The molecule has 2 aromatic carbocycles. The maximum atomic E-state index is 13.5. The van der Waals surface area contributed by atoms with E-state index in [0.29, 0.717) is 16.4 Å². The number of rotatable bonds is 8. The molecule has 0 atom stereocenters. The van der Waals surface area contributed by atoms with E-state index in [4.69, 9.17) is 20.9 Å². The monoisotopic (exact) mass is 417 g/mol. The first-order chi connectivity index (χ1) is 14.0. The lowest BCUT2D eigenvalue weighted by Crippen LogP contribution is -2.28. The predicted octanol–water partition coefficient (Wildman–Crippen LogP) is 3.32. The standard InChI is InChI=1S/C20H17ClFN3O4/c21-15-7-5-13(6-8-15)20-24-18(29-25-20)9-10-19(27)28-12-17(26)23-11-14-3-1-2-4-16(14)22/h1-8H,9-12H2,(H,23,26). The maximum Gasteiger partial charge on any atom is 0.306 e. The lowest BCUT2D eigenvalue weighted by atomic mass is 10.2. The van der Waals surface area contributed by atoms with Crippen LogP contribution in [0.2, 0.25) is 5.02 Å². The predicted molar refractivity (Wildman–Crippen MR) is 102 cm³/mol. The SMILES string of the molecule is O=C(COC(=O)CCc1nc(-c2ccc(Cl)cc2)no1)NCc1ccccc1F. The highest BCUT2D eigenvalue weighted by Gasteiger charge is 2.13. The van der Waals surface area contributed by atoms with Gasteiger partial charge in [-0.2, -0.15) is 4.98 Å². The van der Waals surface area contributed by atoms with Gasteiger partial charge in [-0.15, -0.1) is 0 Å². The molecule has 1 amide bonds. The normalized spacial score (nSPS) is 10.6. The number of ether oxygens (including phenoxy) is 1. The highest BCUT2D eigenvalue weighted by Crippen LogP contribution is 2.19. The minimum absolute atomic E-state index is 0.0124. The van der Waals surface area contributed by atoms with Crippen LogP contribution >= 0.6 is 11.6 Å². The molecule has 1 N–H and O–H groups in total. The number of nitrogens with zero attached hydrogens (tertiary/aromatic N) is 2. The van der Waals surface area contributed by atoms with E-state index in [1.54, 1.807) is 42.5 Å². The van der Waals surface area contributed by atoms with E-state index in [-0.39, 0.29) is 25.3 Å². The number of hydrogen-bond acceptors (Lipinski definition) is 6. The highest BCUT2D eigenvalue weighted by atomic mass is 35.5. The summed E-state index contributed by atoms with van der Waals surface area (Å²) in [5.74, 6) is -0.863. The second kappa shape index (κ2) is 9.79. The summed E-state index contributed by atoms with van der Waals surface area (Å²) in [5, 5.41) is 6.94. The fraction of sp³-hybridized carbons (Fsp3) is 0.200. The third kappa shape index (κ3) is 6.11. The van der Waals surface area contributed by atoms with Crippen LogP contribution in [0.3, 0.4) is 0 Å². The molecule has 0 spiro atoms. The first-order valence-corrected chi connectivity index (χ1v) is 9.13. The zero-order valence-electron chi connectivity index (χ0n) is 15.2. The summed E-state index contributed by atoms with van der Waals surface area (Å²) in [6.45, 7) is -0.439. The van der Waals surface area contributed by atoms with Crippen molar-refractivity contribution < 1.29 is 23.2 Å². The van der Waals surface area contributed by atoms with Crippen LogP contribution in [0.15, 0.2) is 53.1 Å². The van der Waals surface area contributed by atoms with Gasteiger partial charge in [0, 0.05) is 29.1 Å². The van der Waals surface area contributed by atoms with E-state index in [2.05, 4.69) is 15.5 Å². The van der Waals surface area contributed by atoms with E-state index in [0.717, 1.165) is 5.56 Å². The maximum absolute atomic E-state index is 13.5. The zero-order chi connectivity index (χ0) is 20.6. The largest absolute Gasteiger partial charge is 0.456 e. The van der Waals surface area contributed by atoms with Gasteiger partial charge in [-0.3, -0.25) is 9.59 Å². The van der Waals surface area contributed by atoms with Crippen molar-refractivity contribution in [2.75, 3.05) is 6.61 Å². The Hall–Kier alpha value is -3.26. The minimum atomic E-state index is -0.586. The van der Waals surface area contributed by atoms with Crippen LogP contribution in [0.25, 0.3) is 11.4 Å². The van der Waals surface area contributed by atoms with Gasteiger partial charge in [0.15, 0.2) is 6.61 Å². The summed E-state index contributed by atoms with van der Waals surface area (Å²) >= 11 is 5.84. The van der Waals surface area contributed by atoms with E-state index < -0.39 is 24.3 Å². The topological polar surface area (TPSA) is 94.3 Å². The fourth-order valence-electron chi connectivity index (χ4n) is 2.39. The zero-order valence-corrected chi connectivity index (χ0v) is 16.0. The van der Waals surface area contributed by atoms with Crippen LogP contribution in [-0.2, 0) is 27.3 Å². The molecule has 0 aliphatic heterocycles. The average molecular weight is 418 g/mol. The first kappa shape index (κ1) is 20.5. The molecule has 1 aromatic heterocycles. The Balaban J connectivity index is 1.39. The Morgan fingerprint density at radius 2 is 1.90 bits per heavy atom. The van der Waals surface area contributed by atoms with Crippen molar-refractivity contribution in [2.45, 2.75) is 19.4 Å². The van der Waals surface area contributed by atoms with Crippen LogP contribution in [0, 0.1) is 5.82 Å². The Morgan fingerprint density at radius 3 is 2.66 bits per heavy atom. The van der Waals surface area contributed by atoms with E-state index in [1.165, 1.54) is 6.07 Å². The van der Waals surface area contributed by atoms with Crippen LogP contribution < -0.4 is 5.32 Å². The molecule has 0 saturated heterocycles. The molecule has 150 valence electrons. The molecule has 0 unspecified atom stereocenters. The van der Waals surface area contributed by atoms with E-state index in [1.807, 2.05) is 0 Å². The van der Waals surface area contributed by atoms with E-state index in [9.17, 15) is 14.0 Å². The van der Waals surface area contributed by atoms with Gasteiger partial charge >= 0.3 is 5.97 Å². The van der Waals surface area contributed by atoms with Crippen LogP contribution in [0.4, 0.5) is 4.39 Å². The second-order valence-corrected chi connectivity index (χ2v) is 6.48. The van der Waals surface area contributed by atoms with Gasteiger partial charge < -0.3 is 14.6 Å². The molecular weight excluding hydrogens is 401 g/mol. The molecule has 1 heterocycles. The molecule has 0 radical (unpaired) electrons. The Labute approximate surface area is 170 Å². The van der Waals surface area contributed by atoms with Crippen molar-refractivity contribution >= 4 is 23.5 Å². The number of carbonyl (C=O) groups excluding carboxylic acids is 2. The lowest BCUT2D eigenvalue weighted by molar-refractivity contribution is -0.148. The number of carbonyl (C=O) groups is 2. The third-order valence-corrected chi connectivity index (χ3v) is 4.16. The Kier molecular flexibility index (Phi) is 6.91. The molecule has 9 heteroatoms. The number of halogens is 2. The molecule has 0 aliphatic rings. The summed E-state index contributed by atoms with van der Waals surface area (Å²) in [7, 11) is 0. The van der Waals surface area contributed by atoms with Gasteiger partial charge in [0.05, 0.1) is 6.42 Å². The highest BCUT2D eigenvalue weighted by molar-refractivity contribution is 6.30. The van der Waals surface area contributed by atoms with Crippen LogP contribution in [0.5, 0.6) is 0 Å². The van der Waals surface area contributed by atoms with Crippen LogP contribution in [0.1, 0.15) is 17.9 Å². The van der Waals surface area contributed by atoms with Gasteiger partial charge in [0.1, 0.15) is 5.82 Å². The lowest BCUT2D eigenvalue weighted by Gasteiger charge is -2.07. The molecular formula is C20H17ClFN3O4. The first-order valence-electron chi connectivity index (χ1n) is 8.75. The fourth-order valence-corrected chi connectivity index (χ4v) is 2.51. The van der Waals surface area contributed by atoms with E-state index >= 15 is 0 Å². The third-order valence-electron chi connectivity index (χ3n) is 3.91. The van der Waals surface area contributed by atoms with Crippen molar-refractivity contribution in [1.82, 2.24) is 15.5 Å². The summed E-state index contributed by atoms with van der Waals surface area (Å²) in [4.78, 5) is 27.7. The molecule has 7 nitrogen and oxygen atoms in total. The molecule has 3 rings (SSSR count). The van der Waals surface area contributed by atoms with Gasteiger partial charge in [-0.1, -0.05) is 35.0 Å². The summed E-state index contributed by atoms with van der Waals surface area (Å²) in [6.07, 6.45) is 0.152. The van der Waals surface area contributed by atoms with Crippen molar-refractivity contribution in [3.05, 3.63) is 70.8 Å². The smallest absolute Gasteiger partial charge is 0.306 e. The van der Waals surface area contributed by atoms with Crippen molar-refractivity contribution in [3.63, 3.8) is 0 Å². The molecule has 29 heavy (non-hydrogen) atoms. The van der Waals surface area contributed by atoms with Crippen molar-refractivity contribution in [3.8, 4) is 11.4 Å². The molecule has 0 fully saturated rings. The number of esters is 1. The number of nitrogens with one attached hydrogen (secondary N) is 1. The Bertz CT molecular complexity index is 991. The number of amides is 1. The minimum Gasteiger partial charge on any atom is -0.456 e. The average Bonchev–Trinajstić information content (AvgIpc) is 3.19. The van der Waals surface area contributed by atoms with Crippen molar-refractivity contribution in [2.24, 2.45) is 0 Å². The van der Waals surface area contributed by atoms with Crippen LogP contribution in [-0.4, -0.2) is 28.6 Å². The van der Waals surface area contributed by atoms with Gasteiger partial charge in [-0.25, -0.2) is 4.39 Å². The number of benzene rings is 2. The Morgan fingerprint density at radius 1 is 1.14 bits per heavy atom. The number of aromatic nitrogens is 2. The summed E-state index contributed by atoms with van der Waals surface area (Å²) in [6, 6.07) is 13.0. The summed E-state index contributed by atoms with van der Waals surface area (Å²) < 4.78 is 23.5. The van der Waals surface area contributed by atoms with Gasteiger partial charge in [0.2, 0.25) is 11.7 Å². The second-order valence-electron chi connectivity index (χ2n) is 6.05. The molecule has 0 aliphatic carbocycles. The summed E-state index contributed by atoms with van der Waals surface area (Å²) in [5.41, 5.74) is 1.08. The number of aryl methyl sites for hydroxylation is 1. The van der Waals surface area contributed by atoms with Crippen molar-refractivity contribution in [1.29, 1.82) is 0 Å². The quantitative estimate of drug-likeness (QED) is 0.565. The number of hydrogen-bond donors (Lipinski definition) is 1. The van der Waals surface area contributed by atoms with Gasteiger partial charge in [-0.05, 0) is 30.3 Å². The molecule has 3 aromatic rings. The molecule has 0 saturated carbocycles. The molecule has 0 bridgehead atoms. The van der Waals surface area contributed by atoms with Gasteiger partial charge in [0.25, 0.3) is 5.91 Å².